The average Bonchev–Trinajstić information content (AvgIpc) is 2.89. The highest BCUT2D eigenvalue weighted by atomic mass is 19.3. The van der Waals surface area contributed by atoms with Gasteiger partial charge in [0.25, 0.3) is 5.92 Å². The number of esters is 2. The predicted molar refractivity (Wildman–Crippen MR) is 129 cm³/mol. The lowest BCUT2D eigenvalue weighted by atomic mass is 9.99. The number of alkyl halides is 2. The van der Waals surface area contributed by atoms with Crippen molar-refractivity contribution in [2.24, 2.45) is 0 Å². The first-order valence-corrected chi connectivity index (χ1v) is 11.5. The first kappa shape index (κ1) is 26.6. The summed E-state index contributed by atoms with van der Waals surface area (Å²) in [7, 11) is 0. The number of hydrogen-bond acceptors (Lipinski definition) is 8. The zero-order valence-electron chi connectivity index (χ0n) is 20.1. The van der Waals surface area contributed by atoms with E-state index < -0.39 is 60.9 Å². The van der Waals surface area contributed by atoms with Crippen LogP contribution in [0.25, 0.3) is 0 Å². The van der Waals surface area contributed by atoms with Crippen molar-refractivity contribution in [3.05, 3.63) is 94.5 Å². The Hall–Kier alpha value is -4.45. The first-order valence-electron chi connectivity index (χ1n) is 11.5. The van der Waals surface area contributed by atoms with E-state index in [9.17, 15) is 19.2 Å². The Balaban J connectivity index is 1.60. The second-order valence-electron chi connectivity index (χ2n) is 8.43. The molecule has 1 aliphatic heterocycles. The molecule has 2 aromatic carbocycles. The van der Waals surface area contributed by atoms with Crippen molar-refractivity contribution in [3.63, 3.8) is 0 Å². The van der Waals surface area contributed by atoms with Gasteiger partial charge < -0.3 is 19.5 Å². The van der Waals surface area contributed by atoms with E-state index in [1.807, 2.05) is 0 Å². The summed E-state index contributed by atoms with van der Waals surface area (Å²) in [5.41, 5.74) is -0.741. The van der Waals surface area contributed by atoms with Crippen LogP contribution in [0.2, 0.25) is 0 Å². The molecule has 1 amide bonds. The fraction of sp³-hybridized carbons (Fsp3) is 0.269. The zero-order valence-corrected chi connectivity index (χ0v) is 20.1. The molecule has 3 aromatic rings. The number of nitrogens with zero attached hydrogens (tertiary/aromatic N) is 2. The largest absolute Gasteiger partial charge is 0.459 e. The molecule has 2 heterocycles. The van der Waals surface area contributed by atoms with Crippen molar-refractivity contribution in [3.8, 4) is 0 Å². The fourth-order valence-electron chi connectivity index (χ4n) is 3.85. The van der Waals surface area contributed by atoms with Crippen LogP contribution in [0.3, 0.4) is 0 Å². The van der Waals surface area contributed by atoms with E-state index >= 15 is 8.78 Å². The van der Waals surface area contributed by atoms with Gasteiger partial charge in [0, 0.05) is 13.1 Å². The molecule has 1 aliphatic rings. The minimum atomic E-state index is -3.69. The standard InChI is InChI=1S/C26H23F2N3O7/c1-16(32)29-20-12-13-31(25(35)30-20)21-14-26(27,28)22(38-24(34)18-10-6-3-7-11-18)19(37-21)15-36-23(33)17-8-4-2-5-9-17/h2-13,19,21-22H,14-15H2,1H3,(H,29,30,32,35)/t19-,21-,22-/m1/s1. The Morgan fingerprint density at radius 2 is 1.63 bits per heavy atom. The highest BCUT2D eigenvalue weighted by Crippen LogP contribution is 2.40. The Morgan fingerprint density at radius 1 is 1.03 bits per heavy atom. The molecule has 1 N–H and O–H groups in total. The molecular formula is C26H23F2N3O7. The molecule has 1 fully saturated rings. The summed E-state index contributed by atoms with van der Waals surface area (Å²) in [6.45, 7) is 0.523. The molecule has 10 nitrogen and oxygen atoms in total. The van der Waals surface area contributed by atoms with Crippen molar-refractivity contribution in [2.75, 3.05) is 11.9 Å². The number of carbonyl (C=O) groups excluding carboxylic acids is 3. The van der Waals surface area contributed by atoms with Gasteiger partial charge in [-0.3, -0.25) is 9.36 Å². The van der Waals surface area contributed by atoms with Gasteiger partial charge in [0.15, 0.2) is 6.10 Å². The summed E-state index contributed by atoms with van der Waals surface area (Å²) >= 11 is 0. The number of ether oxygens (including phenoxy) is 3. The highest BCUT2D eigenvalue weighted by molar-refractivity contribution is 5.90. The summed E-state index contributed by atoms with van der Waals surface area (Å²) in [4.78, 5) is 52.5. The van der Waals surface area contributed by atoms with Gasteiger partial charge in [0.05, 0.1) is 17.5 Å². The number of anilines is 1. The van der Waals surface area contributed by atoms with E-state index in [0.29, 0.717) is 0 Å². The molecule has 198 valence electrons. The van der Waals surface area contributed by atoms with Crippen LogP contribution in [0.1, 0.15) is 40.3 Å². The van der Waals surface area contributed by atoms with E-state index in [1.165, 1.54) is 37.3 Å². The van der Waals surface area contributed by atoms with Gasteiger partial charge in [-0.25, -0.2) is 23.2 Å². The fourth-order valence-corrected chi connectivity index (χ4v) is 3.85. The van der Waals surface area contributed by atoms with Gasteiger partial charge in [-0.15, -0.1) is 0 Å². The van der Waals surface area contributed by atoms with Crippen molar-refractivity contribution < 1.29 is 37.4 Å². The van der Waals surface area contributed by atoms with Crippen LogP contribution >= 0.6 is 0 Å². The quantitative estimate of drug-likeness (QED) is 0.465. The molecule has 3 atom stereocenters. The lowest BCUT2D eigenvalue weighted by molar-refractivity contribution is -0.258. The third kappa shape index (κ3) is 6.27. The van der Waals surface area contributed by atoms with Crippen LogP contribution in [-0.2, 0) is 19.0 Å². The lowest BCUT2D eigenvalue weighted by Gasteiger charge is -2.41. The molecule has 4 rings (SSSR count). The Morgan fingerprint density at radius 3 is 2.21 bits per heavy atom. The maximum atomic E-state index is 15.5. The molecule has 0 aliphatic carbocycles. The van der Waals surface area contributed by atoms with E-state index in [1.54, 1.807) is 36.4 Å². The topological polar surface area (TPSA) is 126 Å². The molecule has 0 spiro atoms. The van der Waals surface area contributed by atoms with E-state index in [-0.39, 0.29) is 16.9 Å². The van der Waals surface area contributed by atoms with Gasteiger partial charge in [0.1, 0.15) is 24.8 Å². The second-order valence-corrected chi connectivity index (χ2v) is 8.43. The lowest BCUT2D eigenvalue weighted by Crippen LogP contribution is -2.55. The van der Waals surface area contributed by atoms with Gasteiger partial charge in [-0.1, -0.05) is 36.4 Å². The molecule has 38 heavy (non-hydrogen) atoms. The van der Waals surface area contributed by atoms with Crippen LogP contribution in [0.15, 0.2) is 77.7 Å². The third-order valence-corrected chi connectivity index (χ3v) is 5.61. The van der Waals surface area contributed by atoms with Crippen LogP contribution in [0.4, 0.5) is 14.6 Å². The highest BCUT2D eigenvalue weighted by Gasteiger charge is 2.55. The van der Waals surface area contributed by atoms with E-state index in [2.05, 4.69) is 10.3 Å². The number of carbonyl (C=O) groups is 3. The smallest absolute Gasteiger partial charge is 0.351 e. The minimum absolute atomic E-state index is 0.0411. The van der Waals surface area contributed by atoms with E-state index in [0.717, 1.165) is 10.8 Å². The Labute approximate surface area is 215 Å². The molecule has 0 saturated carbocycles. The number of aromatic nitrogens is 2. The molecule has 0 radical (unpaired) electrons. The second kappa shape index (κ2) is 11.3. The normalized spacial score (nSPS) is 20.2. The molecule has 1 aromatic heterocycles. The number of benzene rings is 2. The summed E-state index contributed by atoms with van der Waals surface area (Å²) in [5, 5.41) is 2.33. The van der Waals surface area contributed by atoms with E-state index in [4.69, 9.17) is 14.2 Å². The maximum absolute atomic E-state index is 15.5. The van der Waals surface area contributed by atoms with Crippen LogP contribution < -0.4 is 11.0 Å². The van der Waals surface area contributed by atoms with Crippen LogP contribution in [0, 0.1) is 0 Å². The predicted octanol–water partition coefficient (Wildman–Crippen LogP) is 3.21. The molecule has 1 saturated heterocycles. The zero-order chi connectivity index (χ0) is 27.3. The SMILES string of the molecule is CC(=O)Nc1ccn([C@H]2CC(F)(F)[C@H](OC(=O)c3ccccc3)[C@@H](COC(=O)c3ccccc3)O2)c(=O)n1. The Kier molecular flexibility index (Phi) is 7.91. The first-order chi connectivity index (χ1) is 18.1. The average molecular weight is 527 g/mol. The van der Waals surface area contributed by atoms with Crippen molar-refractivity contribution in [1.29, 1.82) is 0 Å². The van der Waals surface area contributed by atoms with Crippen LogP contribution in [-0.4, -0.2) is 52.1 Å². The van der Waals surface area contributed by atoms with Crippen molar-refractivity contribution in [1.82, 2.24) is 9.55 Å². The Bertz CT molecular complexity index is 1370. The third-order valence-electron chi connectivity index (χ3n) is 5.61. The number of rotatable bonds is 7. The summed E-state index contributed by atoms with van der Waals surface area (Å²) in [5.74, 6) is -6.04. The molecule has 12 heteroatoms. The number of halogens is 2. The van der Waals surface area contributed by atoms with Gasteiger partial charge in [0.2, 0.25) is 5.91 Å². The van der Waals surface area contributed by atoms with Gasteiger partial charge in [-0.05, 0) is 30.3 Å². The van der Waals surface area contributed by atoms with Crippen molar-refractivity contribution in [2.45, 2.75) is 37.7 Å². The van der Waals surface area contributed by atoms with Crippen LogP contribution in [0.5, 0.6) is 0 Å². The maximum Gasteiger partial charge on any atom is 0.351 e. The summed E-state index contributed by atoms with van der Waals surface area (Å²) in [6.07, 6.45) is -5.19. The minimum Gasteiger partial charge on any atom is -0.459 e. The summed E-state index contributed by atoms with van der Waals surface area (Å²) < 4.78 is 47.9. The number of nitrogens with one attached hydrogen (secondary N) is 1. The summed E-state index contributed by atoms with van der Waals surface area (Å²) in [6, 6.07) is 16.7. The van der Waals surface area contributed by atoms with Crippen molar-refractivity contribution >= 4 is 23.7 Å². The molecular weight excluding hydrogens is 504 g/mol. The number of amides is 1. The monoisotopic (exact) mass is 527 g/mol. The molecule has 0 unspecified atom stereocenters. The number of hydrogen-bond donors (Lipinski definition) is 1. The molecule has 0 bridgehead atoms. The van der Waals surface area contributed by atoms with Gasteiger partial charge >= 0.3 is 17.6 Å². The van der Waals surface area contributed by atoms with Gasteiger partial charge in [-0.2, -0.15) is 4.98 Å².